The van der Waals surface area contributed by atoms with Crippen LogP contribution in [0.25, 0.3) is 21.1 Å². The van der Waals surface area contributed by atoms with Crippen molar-refractivity contribution in [3.8, 4) is 21.1 Å². The van der Waals surface area contributed by atoms with Crippen molar-refractivity contribution in [1.29, 1.82) is 0 Å². The third kappa shape index (κ3) is 4.19. The van der Waals surface area contributed by atoms with Crippen LogP contribution in [0.15, 0.2) is 47.2 Å². The number of aromatic nitrogens is 1. The van der Waals surface area contributed by atoms with E-state index in [1.54, 1.807) is 22.7 Å². The molecule has 1 saturated heterocycles. The Morgan fingerprint density at radius 2 is 2.08 bits per heavy atom. The number of quaternary nitrogens is 1. The lowest BCUT2D eigenvalue weighted by atomic mass is 10.2. The number of rotatable bonds is 5. The number of thiophene rings is 1. The molecule has 0 bridgehead atoms. The molecule has 7 heteroatoms. The molecule has 0 spiro atoms. The van der Waals surface area contributed by atoms with Crippen molar-refractivity contribution in [2.75, 3.05) is 38.2 Å². The number of hydrogen-bond acceptors (Lipinski definition) is 5. The molecule has 0 unspecified atom stereocenters. The molecule has 2 aromatic heterocycles. The molecule has 1 amide bonds. The smallest absolute Gasteiger partial charge is 0.279 e. The van der Waals surface area contributed by atoms with Crippen LogP contribution in [-0.4, -0.2) is 43.7 Å². The first-order valence-electron chi connectivity index (χ1n) is 8.59. The molecule has 3 aromatic rings. The number of hydrogen-bond donors (Lipinski definition) is 2. The number of carbonyl (C=O) groups is 1. The predicted molar refractivity (Wildman–Crippen MR) is 106 cm³/mol. The molecule has 1 aliphatic heterocycles. The van der Waals surface area contributed by atoms with Gasteiger partial charge in [0.05, 0.1) is 23.8 Å². The van der Waals surface area contributed by atoms with Crippen molar-refractivity contribution in [2.24, 2.45) is 0 Å². The average Bonchev–Trinajstić information content (AvgIpc) is 3.34. The zero-order chi connectivity index (χ0) is 17.8. The van der Waals surface area contributed by atoms with Gasteiger partial charge in [-0.1, -0.05) is 18.2 Å². The van der Waals surface area contributed by atoms with Crippen LogP contribution in [0.3, 0.4) is 0 Å². The highest BCUT2D eigenvalue weighted by Crippen LogP contribution is 2.31. The molecule has 26 heavy (non-hydrogen) atoms. The number of anilines is 1. The second-order valence-corrected chi connectivity index (χ2v) is 7.99. The van der Waals surface area contributed by atoms with Crippen molar-refractivity contribution in [3.05, 3.63) is 47.2 Å². The molecule has 0 radical (unpaired) electrons. The van der Waals surface area contributed by atoms with Gasteiger partial charge in [0.2, 0.25) is 0 Å². The predicted octanol–water partition coefficient (Wildman–Crippen LogP) is 2.39. The number of amides is 1. The Balaban J connectivity index is 1.44. The van der Waals surface area contributed by atoms with Gasteiger partial charge in [0.1, 0.15) is 18.1 Å². The summed E-state index contributed by atoms with van der Waals surface area (Å²) in [5.74, 6) is 0.0393. The summed E-state index contributed by atoms with van der Waals surface area (Å²) < 4.78 is 5.34. The highest BCUT2D eigenvalue weighted by atomic mass is 32.1. The van der Waals surface area contributed by atoms with E-state index >= 15 is 0 Å². The number of nitrogens with zero attached hydrogens (tertiary/aromatic N) is 1. The molecule has 1 aromatic carbocycles. The van der Waals surface area contributed by atoms with Crippen LogP contribution in [0.1, 0.15) is 0 Å². The van der Waals surface area contributed by atoms with Crippen molar-refractivity contribution in [1.82, 2.24) is 4.98 Å². The lowest BCUT2D eigenvalue weighted by molar-refractivity contribution is -0.899. The second-order valence-electron chi connectivity index (χ2n) is 6.18. The topological polar surface area (TPSA) is 55.7 Å². The van der Waals surface area contributed by atoms with Crippen molar-refractivity contribution < 1.29 is 14.4 Å². The Kier molecular flexibility index (Phi) is 5.40. The van der Waals surface area contributed by atoms with E-state index in [0.29, 0.717) is 6.54 Å². The fraction of sp³-hybridized carbons (Fsp3) is 0.263. The minimum absolute atomic E-state index is 0.0393. The Labute approximate surface area is 160 Å². The van der Waals surface area contributed by atoms with Gasteiger partial charge >= 0.3 is 0 Å². The van der Waals surface area contributed by atoms with Gasteiger partial charge in [-0.25, -0.2) is 4.98 Å². The van der Waals surface area contributed by atoms with Crippen molar-refractivity contribution in [3.63, 3.8) is 0 Å². The zero-order valence-electron chi connectivity index (χ0n) is 14.2. The Morgan fingerprint density at radius 3 is 2.88 bits per heavy atom. The van der Waals surface area contributed by atoms with E-state index in [4.69, 9.17) is 9.72 Å². The summed E-state index contributed by atoms with van der Waals surface area (Å²) in [5.41, 5.74) is 2.84. The van der Waals surface area contributed by atoms with Gasteiger partial charge in [0, 0.05) is 16.6 Å². The van der Waals surface area contributed by atoms with E-state index in [-0.39, 0.29) is 5.91 Å². The second kappa shape index (κ2) is 8.09. The summed E-state index contributed by atoms with van der Waals surface area (Å²) >= 11 is 3.31. The van der Waals surface area contributed by atoms with E-state index in [0.717, 1.165) is 48.3 Å². The van der Waals surface area contributed by atoms with Crippen LogP contribution in [0.5, 0.6) is 0 Å². The maximum Gasteiger partial charge on any atom is 0.279 e. The SMILES string of the molecule is O=C(C[NH+]1CCOCC1)Nc1cccc(-c2nc(-c3cccs3)cs2)c1. The van der Waals surface area contributed by atoms with Gasteiger partial charge in [-0.15, -0.1) is 22.7 Å². The van der Waals surface area contributed by atoms with Crippen LogP contribution in [0.2, 0.25) is 0 Å². The fourth-order valence-electron chi connectivity index (χ4n) is 2.94. The van der Waals surface area contributed by atoms with Crippen LogP contribution in [0, 0.1) is 0 Å². The molecule has 1 aliphatic rings. The number of thiazole rings is 1. The van der Waals surface area contributed by atoms with Gasteiger partial charge in [-0.05, 0) is 23.6 Å². The lowest BCUT2D eigenvalue weighted by Crippen LogP contribution is -3.15. The third-order valence-corrected chi connectivity index (χ3v) is 6.07. The van der Waals surface area contributed by atoms with Crippen LogP contribution in [0.4, 0.5) is 5.69 Å². The highest BCUT2D eigenvalue weighted by molar-refractivity contribution is 7.15. The molecule has 5 nitrogen and oxygen atoms in total. The number of morpholine rings is 1. The normalized spacial score (nSPS) is 15.1. The van der Waals surface area contributed by atoms with Crippen LogP contribution < -0.4 is 10.2 Å². The lowest BCUT2D eigenvalue weighted by Gasteiger charge is -2.23. The number of benzene rings is 1. The van der Waals surface area contributed by atoms with E-state index in [9.17, 15) is 4.79 Å². The number of nitrogens with one attached hydrogen (secondary N) is 2. The maximum atomic E-state index is 12.3. The van der Waals surface area contributed by atoms with E-state index in [2.05, 4.69) is 22.1 Å². The summed E-state index contributed by atoms with van der Waals surface area (Å²) in [6, 6.07) is 12.0. The van der Waals surface area contributed by atoms with E-state index in [1.807, 2.05) is 30.3 Å². The maximum absolute atomic E-state index is 12.3. The summed E-state index contributed by atoms with van der Waals surface area (Å²) in [4.78, 5) is 19.5. The third-order valence-electron chi connectivity index (χ3n) is 4.28. The standard InChI is InChI=1S/C19H19N3O2S2/c23-18(12-22-6-8-24-9-7-22)20-15-4-1-3-14(11-15)19-21-16(13-26-19)17-5-2-10-25-17/h1-5,10-11,13H,6-9,12H2,(H,20,23)/p+1. The largest absolute Gasteiger partial charge is 0.370 e. The first kappa shape index (κ1) is 17.4. The Morgan fingerprint density at radius 1 is 1.19 bits per heavy atom. The van der Waals surface area contributed by atoms with Gasteiger partial charge in [-0.2, -0.15) is 0 Å². The summed E-state index contributed by atoms with van der Waals surface area (Å²) in [6.45, 7) is 3.72. The molecule has 0 atom stereocenters. The zero-order valence-corrected chi connectivity index (χ0v) is 15.9. The monoisotopic (exact) mass is 386 g/mol. The van der Waals surface area contributed by atoms with Gasteiger partial charge in [-0.3, -0.25) is 4.79 Å². The number of ether oxygens (including phenoxy) is 1. The number of carbonyl (C=O) groups excluding carboxylic acids is 1. The minimum atomic E-state index is 0.0393. The van der Waals surface area contributed by atoms with Crippen molar-refractivity contribution >= 4 is 34.3 Å². The molecule has 0 saturated carbocycles. The van der Waals surface area contributed by atoms with E-state index in [1.165, 1.54) is 9.78 Å². The van der Waals surface area contributed by atoms with Crippen LogP contribution >= 0.6 is 22.7 Å². The molecule has 3 heterocycles. The summed E-state index contributed by atoms with van der Waals surface area (Å²) in [5, 5.41) is 8.11. The molecule has 2 N–H and O–H groups in total. The van der Waals surface area contributed by atoms with Gasteiger partial charge in [0.25, 0.3) is 5.91 Å². The fourth-order valence-corrected chi connectivity index (χ4v) is 4.52. The highest BCUT2D eigenvalue weighted by Gasteiger charge is 2.18. The summed E-state index contributed by atoms with van der Waals surface area (Å²) in [7, 11) is 0. The molecule has 1 fully saturated rings. The summed E-state index contributed by atoms with van der Waals surface area (Å²) in [6.07, 6.45) is 0. The van der Waals surface area contributed by atoms with Gasteiger partial charge in [0.15, 0.2) is 6.54 Å². The Hall–Kier alpha value is -2.06. The molecular weight excluding hydrogens is 366 g/mol. The first-order valence-corrected chi connectivity index (χ1v) is 10.3. The Bertz CT molecular complexity index is 871. The van der Waals surface area contributed by atoms with E-state index < -0.39 is 0 Å². The first-order chi connectivity index (χ1) is 12.8. The quantitative estimate of drug-likeness (QED) is 0.708. The molecule has 4 rings (SSSR count). The van der Waals surface area contributed by atoms with Crippen molar-refractivity contribution in [2.45, 2.75) is 0 Å². The minimum Gasteiger partial charge on any atom is -0.370 e. The van der Waals surface area contributed by atoms with Crippen LogP contribution in [-0.2, 0) is 9.53 Å². The molecule has 134 valence electrons. The van der Waals surface area contributed by atoms with Gasteiger partial charge < -0.3 is 15.0 Å². The molecule has 0 aliphatic carbocycles. The molecular formula is C19H20N3O2S2+. The average molecular weight is 387 g/mol.